The van der Waals surface area contributed by atoms with E-state index in [1.54, 1.807) is 36.2 Å². The SMILES string of the molecule is CCOc1ccc(C(=O)NCC(=O)N(C)Cc2ccccc2C)cc1. The second-order valence-electron chi connectivity index (χ2n) is 5.82. The molecule has 0 unspecified atom stereocenters. The summed E-state index contributed by atoms with van der Waals surface area (Å²) in [5.74, 6) is 0.302. The molecule has 0 aliphatic rings. The first-order valence-corrected chi connectivity index (χ1v) is 8.30. The van der Waals surface area contributed by atoms with Gasteiger partial charge in [-0.15, -0.1) is 0 Å². The van der Waals surface area contributed by atoms with Crippen LogP contribution in [0.3, 0.4) is 0 Å². The van der Waals surface area contributed by atoms with Crippen molar-refractivity contribution in [2.24, 2.45) is 0 Å². The Balaban J connectivity index is 1.86. The smallest absolute Gasteiger partial charge is 0.251 e. The quantitative estimate of drug-likeness (QED) is 0.843. The molecule has 1 N–H and O–H groups in total. The van der Waals surface area contributed by atoms with Crippen LogP contribution in [0.15, 0.2) is 48.5 Å². The maximum Gasteiger partial charge on any atom is 0.251 e. The molecule has 5 heteroatoms. The first-order chi connectivity index (χ1) is 12.0. The summed E-state index contributed by atoms with van der Waals surface area (Å²) in [4.78, 5) is 26.0. The number of rotatable bonds is 7. The molecule has 0 aromatic heterocycles. The monoisotopic (exact) mass is 340 g/mol. The van der Waals surface area contributed by atoms with Gasteiger partial charge in [0.15, 0.2) is 0 Å². The average molecular weight is 340 g/mol. The number of benzene rings is 2. The lowest BCUT2D eigenvalue weighted by molar-refractivity contribution is -0.129. The van der Waals surface area contributed by atoms with Gasteiger partial charge < -0.3 is 15.0 Å². The van der Waals surface area contributed by atoms with E-state index in [4.69, 9.17) is 4.74 Å². The number of carbonyl (C=O) groups excluding carboxylic acids is 2. The minimum atomic E-state index is -0.277. The predicted molar refractivity (Wildman–Crippen MR) is 97.6 cm³/mol. The van der Waals surface area contributed by atoms with Crippen molar-refractivity contribution in [1.29, 1.82) is 0 Å². The van der Waals surface area contributed by atoms with E-state index in [1.165, 1.54) is 0 Å². The molecule has 132 valence electrons. The molecule has 5 nitrogen and oxygen atoms in total. The Hall–Kier alpha value is -2.82. The highest BCUT2D eigenvalue weighted by molar-refractivity contribution is 5.96. The lowest BCUT2D eigenvalue weighted by Crippen LogP contribution is -2.37. The fourth-order valence-electron chi connectivity index (χ4n) is 2.39. The van der Waals surface area contributed by atoms with E-state index in [1.807, 2.05) is 38.1 Å². The molecule has 0 spiro atoms. The number of hydrogen-bond donors (Lipinski definition) is 1. The summed E-state index contributed by atoms with van der Waals surface area (Å²) in [6, 6.07) is 14.8. The first-order valence-electron chi connectivity index (χ1n) is 8.30. The van der Waals surface area contributed by atoms with Crippen molar-refractivity contribution >= 4 is 11.8 Å². The van der Waals surface area contributed by atoms with Gasteiger partial charge in [0.1, 0.15) is 5.75 Å². The molecule has 0 radical (unpaired) electrons. The number of likely N-dealkylation sites (N-methyl/N-ethyl adjacent to an activating group) is 1. The summed E-state index contributed by atoms with van der Waals surface area (Å²) in [5, 5.41) is 2.66. The maximum atomic E-state index is 12.2. The van der Waals surface area contributed by atoms with Gasteiger partial charge in [-0.2, -0.15) is 0 Å². The summed E-state index contributed by atoms with van der Waals surface area (Å²) in [6.45, 7) is 4.98. The second-order valence-corrected chi connectivity index (χ2v) is 5.82. The van der Waals surface area contributed by atoms with Gasteiger partial charge in [-0.25, -0.2) is 0 Å². The zero-order valence-corrected chi connectivity index (χ0v) is 14.9. The standard InChI is InChI=1S/C20H24N2O3/c1-4-25-18-11-9-16(10-12-18)20(24)21-13-19(23)22(3)14-17-8-6-5-7-15(17)2/h5-12H,4,13-14H2,1-3H3,(H,21,24). The van der Waals surface area contributed by atoms with E-state index >= 15 is 0 Å². The van der Waals surface area contributed by atoms with Crippen molar-refractivity contribution in [3.8, 4) is 5.75 Å². The summed E-state index contributed by atoms with van der Waals surface area (Å²) < 4.78 is 5.34. The Morgan fingerprint density at radius 2 is 1.76 bits per heavy atom. The van der Waals surface area contributed by atoms with Crippen molar-refractivity contribution in [2.75, 3.05) is 20.2 Å². The van der Waals surface area contributed by atoms with Gasteiger partial charge in [0.25, 0.3) is 5.91 Å². The third kappa shape index (κ3) is 5.35. The molecule has 2 rings (SSSR count). The Labute approximate surface area is 148 Å². The van der Waals surface area contributed by atoms with E-state index < -0.39 is 0 Å². The van der Waals surface area contributed by atoms with Gasteiger partial charge in [0.2, 0.25) is 5.91 Å². The number of amides is 2. The fraction of sp³-hybridized carbons (Fsp3) is 0.300. The molecular weight excluding hydrogens is 316 g/mol. The summed E-state index contributed by atoms with van der Waals surface area (Å²) in [6.07, 6.45) is 0. The zero-order valence-electron chi connectivity index (χ0n) is 14.9. The highest BCUT2D eigenvalue weighted by Gasteiger charge is 2.13. The number of hydrogen-bond acceptors (Lipinski definition) is 3. The fourth-order valence-corrected chi connectivity index (χ4v) is 2.39. The van der Waals surface area contributed by atoms with Gasteiger partial charge in [0, 0.05) is 19.2 Å². The first kappa shape index (κ1) is 18.5. The van der Waals surface area contributed by atoms with Gasteiger partial charge in [-0.3, -0.25) is 9.59 Å². The number of nitrogens with zero attached hydrogens (tertiary/aromatic N) is 1. The molecule has 25 heavy (non-hydrogen) atoms. The lowest BCUT2D eigenvalue weighted by Gasteiger charge is -2.18. The molecule has 0 saturated heterocycles. The summed E-state index contributed by atoms with van der Waals surface area (Å²) >= 11 is 0. The average Bonchev–Trinajstić information content (AvgIpc) is 2.62. The predicted octanol–water partition coefficient (Wildman–Crippen LogP) is 2.78. The molecule has 0 aliphatic heterocycles. The third-order valence-electron chi connectivity index (χ3n) is 3.92. The van der Waals surface area contributed by atoms with Crippen LogP contribution in [-0.2, 0) is 11.3 Å². The van der Waals surface area contributed by atoms with Gasteiger partial charge in [-0.05, 0) is 49.2 Å². The number of aryl methyl sites for hydroxylation is 1. The molecule has 0 aliphatic carbocycles. The van der Waals surface area contributed by atoms with E-state index in [0.29, 0.717) is 24.5 Å². The molecule has 0 atom stereocenters. The van der Waals surface area contributed by atoms with E-state index in [9.17, 15) is 9.59 Å². The largest absolute Gasteiger partial charge is 0.494 e. The van der Waals surface area contributed by atoms with Crippen LogP contribution in [0, 0.1) is 6.92 Å². The topological polar surface area (TPSA) is 58.6 Å². The molecule has 0 saturated carbocycles. The Morgan fingerprint density at radius 1 is 1.08 bits per heavy atom. The Morgan fingerprint density at radius 3 is 2.40 bits per heavy atom. The Bertz CT molecular complexity index is 726. The van der Waals surface area contributed by atoms with Crippen LogP contribution in [0.5, 0.6) is 5.75 Å². The van der Waals surface area contributed by atoms with Crippen molar-refractivity contribution < 1.29 is 14.3 Å². The Kier molecular flexibility index (Phi) is 6.57. The van der Waals surface area contributed by atoms with E-state index in [-0.39, 0.29) is 18.4 Å². The molecule has 2 aromatic carbocycles. The molecular formula is C20H24N2O3. The normalized spacial score (nSPS) is 10.2. The van der Waals surface area contributed by atoms with E-state index in [0.717, 1.165) is 11.1 Å². The number of nitrogens with one attached hydrogen (secondary N) is 1. The van der Waals surface area contributed by atoms with Crippen molar-refractivity contribution in [3.05, 3.63) is 65.2 Å². The van der Waals surface area contributed by atoms with Crippen LogP contribution in [-0.4, -0.2) is 36.9 Å². The second kappa shape index (κ2) is 8.87. The highest BCUT2D eigenvalue weighted by Crippen LogP contribution is 2.12. The molecule has 0 fully saturated rings. The summed E-state index contributed by atoms with van der Waals surface area (Å²) in [5.41, 5.74) is 2.73. The van der Waals surface area contributed by atoms with E-state index in [2.05, 4.69) is 5.32 Å². The summed E-state index contributed by atoms with van der Waals surface area (Å²) in [7, 11) is 1.73. The highest BCUT2D eigenvalue weighted by atomic mass is 16.5. The minimum absolute atomic E-state index is 0.0333. The third-order valence-corrected chi connectivity index (χ3v) is 3.92. The number of carbonyl (C=O) groups is 2. The van der Waals surface area contributed by atoms with Crippen LogP contribution in [0.4, 0.5) is 0 Å². The maximum absolute atomic E-state index is 12.2. The molecule has 0 heterocycles. The molecule has 2 aromatic rings. The zero-order chi connectivity index (χ0) is 18.2. The van der Waals surface area contributed by atoms with Crippen LogP contribution in [0.2, 0.25) is 0 Å². The lowest BCUT2D eigenvalue weighted by atomic mass is 10.1. The van der Waals surface area contributed by atoms with Crippen LogP contribution in [0.25, 0.3) is 0 Å². The van der Waals surface area contributed by atoms with Gasteiger partial charge in [0.05, 0.1) is 13.2 Å². The molecule has 0 bridgehead atoms. The van der Waals surface area contributed by atoms with Crippen LogP contribution < -0.4 is 10.1 Å². The van der Waals surface area contributed by atoms with Crippen molar-refractivity contribution in [3.63, 3.8) is 0 Å². The minimum Gasteiger partial charge on any atom is -0.494 e. The van der Waals surface area contributed by atoms with Crippen molar-refractivity contribution in [2.45, 2.75) is 20.4 Å². The van der Waals surface area contributed by atoms with Crippen molar-refractivity contribution in [1.82, 2.24) is 10.2 Å². The van der Waals surface area contributed by atoms with Crippen LogP contribution >= 0.6 is 0 Å². The van der Waals surface area contributed by atoms with Gasteiger partial charge in [-0.1, -0.05) is 24.3 Å². The molecule has 2 amide bonds. The number of ether oxygens (including phenoxy) is 1. The van der Waals surface area contributed by atoms with Crippen LogP contribution in [0.1, 0.15) is 28.4 Å². The van der Waals surface area contributed by atoms with Gasteiger partial charge >= 0.3 is 0 Å².